The van der Waals surface area contributed by atoms with Gasteiger partial charge in [0.1, 0.15) is 5.75 Å². The second-order valence-corrected chi connectivity index (χ2v) is 8.51. The summed E-state index contributed by atoms with van der Waals surface area (Å²) in [7, 11) is -0.765. The maximum atomic E-state index is 12.8. The molecule has 6 nitrogen and oxygen atoms in total. The number of hydrogen-bond donors (Lipinski definition) is 1. The fourth-order valence-corrected chi connectivity index (χ4v) is 4.14. The summed E-state index contributed by atoms with van der Waals surface area (Å²) in [5.41, 5.74) is 1.12. The fourth-order valence-electron chi connectivity index (χ4n) is 2.67. The molecule has 3 aromatic rings. The zero-order chi connectivity index (χ0) is 21.0. The maximum absolute atomic E-state index is 12.8. The van der Waals surface area contributed by atoms with E-state index < -0.39 is 15.9 Å². The smallest absolute Gasteiger partial charge is 0.264 e. The first-order valence-corrected chi connectivity index (χ1v) is 10.4. The lowest BCUT2D eigenvalue weighted by molar-refractivity contribution is 0.102. The van der Waals surface area contributed by atoms with E-state index in [1.807, 2.05) is 0 Å². The van der Waals surface area contributed by atoms with Crippen LogP contribution in [0.25, 0.3) is 0 Å². The highest BCUT2D eigenvalue weighted by Gasteiger charge is 2.22. The van der Waals surface area contributed by atoms with Crippen molar-refractivity contribution in [2.24, 2.45) is 0 Å². The van der Waals surface area contributed by atoms with Crippen molar-refractivity contribution in [3.63, 3.8) is 0 Å². The zero-order valence-corrected chi connectivity index (χ0v) is 17.4. The van der Waals surface area contributed by atoms with Crippen molar-refractivity contribution < 1.29 is 17.9 Å². The second-order valence-electron chi connectivity index (χ2n) is 6.14. The van der Waals surface area contributed by atoms with Gasteiger partial charge in [-0.1, -0.05) is 35.9 Å². The number of carbonyl (C=O) groups excluding carboxylic acids is 1. The highest BCUT2D eigenvalue weighted by Crippen LogP contribution is 2.28. The molecule has 3 aromatic carbocycles. The summed E-state index contributed by atoms with van der Waals surface area (Å²) >= 11 is 6.28. The number of amides is 1. The minimum atomic E-state index is -3.74. The van der Waals surface area contributed by atoms with Gasteiger partial charge in [0, 0.05) is 18.8 Å². The largest absolute Gasteiger partial charge is 0.497 e. The van der Waals surface area contributed by atoms with Crippen molar-refractivity contribution in [3.8, 4) is 5.75 Å². The van der Waals surface area contributed by atoms with Gasteiger partial charge in [0.15, 0.2) is 0 Å². The molecule has 0 unspecified atom stereocenters. The third-order valence-electron chi connectivity index (χ3n) is 4.29. The Morgan fingerprint density at radius 2 is 1.72 bits per heavy atom. The molecule has 0 fully saturated rings. The Bertz CT molecular complexity index is 1130. The van der Waals surface area contributed by atoms with Crippen molar-refractivity contribution in [1.29, 1.82) is 0 Å². The third kappa shape index (κ3) is 4.52. The minimum Gasteiger partial charge on any atom is -0.497 e. The van der Waals surface area contributed by atoms with Gasteiger partial charge >= 0.3 is 0 Å². The number of anilines is 2. The van der Waals surface area contributed by atoms with E-state index in [1.165, 1.54) is 44.5 Å². The quantitative estimate of drug-likeness (QED) is 0.627. The molecule has 0 atom stereocenters. The van der Waals surface area contributed by atoms with E-state index >= 15 is 0 Å². The first-order valence-electron chi connectivity index (χ1n) is 8.62. The summed E-state index contributed by atoms with van der Waals surface area (Å²) in [4.78, 5) is 12.7. The molecule has 0 aliphatic carbocycles. The van der Waals surface area contributed by atoms with E-state index in [2.05, 4.69) is 5.32 Å². The molecule has 29 heavy (non-hydrogen) atoms. The number of nitrogens with one attached hydrogen (secondary N) is 1. The number of methoxy groups -OCH3 is 1. The maximum Gasteiger partial charge on any atom is 0.264 e. The first kappa shape index (κ1) is 20.7. The lowest BCUT2D eigenvalue weighted by Gasteiger charge is -2.20. The Morgan fingerprint density at radius 1 is 1.00 bits per heavy atom. The van der Waals surface area contributed by atoms with Gasteiger partial charge in [-0.3, -0.25) is 9.10 Å². The fraction of sp³-hybridized carbons (Fsp3) is 0.0952. The van der Waals surface area contributed by atoms with E-state index in [9.17, 15) is 13.2 Å². The van der Waals surface area contributed by atoms with Crippen LogP contribution in [0.2, 0.25) is 5.02 Å². The monoisotopic (exact) mass is 430 g/mol. The SMILES string of the molecule is COc1cccc(NC(=O)c2ccc(N(C)S(=O)(=O)c3ccccc3)cc2Cl)c1. The van der Waals surface area contributed by atoms with Crippen LogP contribution in [0, 0.1) is 0 Å². The van der Waals surface area contributed by atoms with Crippen molar-refractivity contribution in [2.45, 2.75) is 4.90 Å². The van der Waals surface area contributed by atoms with E-state index in [4.69, 9.17) is 16.3 Å². The summed E-state index contributed by atoms with van der Waals surface area (Å²) in [6, 6.07) is 19.5. The minimum absolute atomic E-state index is 0.137. The molecule has 1 N–H and O–H groups in total. The zero-order valence-electron chi connectivity index (χ0n) is 15.8. The summed E-state index contributed by atoms with van der Waals surface area (Å²) in [6.07, 6.45) is 0. The number of hydrogen-bond acceptors (Lipinski definition) is 4. The topological polar surface area (TPSA) is 75.7 Å². The normalized spacial score (nSPS) is 11.0. The highest BCUT2D eigenvalue weighted by atomic mass is 35.5. The van der Waals surface area contributed by atoms with Gasteiger partial charge in [0.05, 0.1) is 28.3 Å². The van der Waals surface area contributed by atoms with Crippen LogP contribution in [0.3, 0.4) is 0 Å². The van der Waals surface area contributed by atoms with Crippen LogP contribution in [0.5, 0.6) is 5.75 Å². The van der Waals surface area contributed by atoms with Crippen molar-refractivity contribution in [3.05, 3.63) is 83.4 Å². The standard InChI is InChI=1S/C21H19ClN2O4S/c1-24(29(26,27)18-9-4-3-5-10-18)16-11-12-19(20(22)14-16)21(25)23-15-7-6-8-17(13-15)28-2/h3-14H,1-2H3,(H,23,25). The van der Waals surface area contributed by atoms with E-state index in [1.54, 1.807) is 42.5 Å². The van der Waals surface area contributed by atoms with Crippen molar-refractivity contribution >= 4 is 38.9 Å². The van der Waals surface area contributed by atoms with Crippen LogP contribution in [-0.4, -0.2) is 28.5 Å². The molecule has 0 heterocycles. The molecule has 0 aliphatic heterocycles. The number of sulfonamides is 1. The van der Waals surface area contributed by atoms with Gasteiger partial charge < -0.3 is 10.1 Å². The summed E-state index contributed by atoms with van der Waals surface area (Å²) in [6.45, 7) is 0. The summed E-state index contributed by atoms with van der Waals surface area (Å²) < 4.78 is 31.8. The van der Waals surface area contributed by atoms with Crippen LogP contribution < -0.4 is 14.4 Å². The highest BCUT2D eigenvalue weighted by molar-refractivity contribution is 7.92. The predicted molar refractivity (Wildman–Crippen MR) is 114 cm³/mol. The molecule has 1 amide bonds. The molecule has 0 radical (unpaired) electrons. The molecular formula is C21H19ClN2O4S. The second kappa shape index (κ2) is 8.55. The van der Waals surface area contributed by atoms with Crippen LogP contribution in [-0.2, 0) is 10.0 Å². The van der Waals surface area contributed by atoms with Crippen molar-refractivity contribution in [1.82, 2.24) is 0 Å². The Balaban J connectivity index is 1.83. The molecule has 0 spiro atoms. The number of ether oxygens (including phenoxy) is 1. The number of carbonyl (C=O) groups is 1. The Kier molecular flexibility index (Phi) is 6.10. The lowest BCUT2D eigenvalue weighted by atomic mass is 10.2. The lowest BCUT2D eigenvalue weighted by Crippen LogP contribution is -2.26. The van der Waals surface area contributed by atoms with Gasteiger partial charge in [0.25, 0.3) is 15.9 Å². The van der Waals surface area contributed by atoms with Crippen LogP contribution in [0.4, 0.5) is 11.4 Å². The number of benzene rings is 3. The Morgan fingerprint density at radius 3 is 2.38 bits per heavy atom. The van der Waals surface area contributed by atoms with Gasteiger partial charge in [-0.2, -0.15) is 0 Å². The number of nitrogens with zero attached hydrogens (tertiary/aromatic N) is 1. The molecule has 150 valence electrons. The first-order chi connectivity index (χ1) is 13.8. The van der Waals surface area contributed by atoms with Gasteiger partial charge in [-0.25, -0.2) is 8.42 Å². The van der Waals surface area contributed by atoms with Crippen molar-refractivity contribution in [2.75, 3.05) is 23.8 Å². The predicted octanol–water partition coefficient (Wildman–Crippen LogP) is 4.43. The van der Waals surface area contributed by atoms with E-state index in [-0.39, 0.29) is 15.5 Å². The van der Waals surface area contributed by atoms with Gasteiger partial charge in [0.2, 0.25) is 0 Å². The molecule has 0 bridgehead atoms. The average Bonchev–Trinajstić information content (AvgIpc) is 2.73. The molecule has 3 rings (SSSR count). The van der Waals surface area contributed by atoms with Crippen LogP contribution in [0.1, 0.15) is 10.4 Å². The van der Waals surface area contributed by atoms with Crippen LogP contribution >= 0.6 is 11.6 Å². The molecule has 0 aromatic heterocycles. The molecular weight excluding hydrogens is 412 g/mol. The Labute approximate surface area is 174 Å². The number of rotatable bonds is 6. The Hall–Kier alpha value is -3.03. The van der Waals surface area contributed by atoms with Gasteiger partial charge in [-0.05, 0) is 42.5 Å². The van der Waals surface area contributed by atoms with Crippen LogP contribution in [0.15, 0.2) is 77.7 Å². The summed E-state index contributed by atoms with van der Waals surface area (Å²) in [5.74, 6) is 0.195. The average molecular weight is 431 g/mol. The molecule has 0 aliphatic rings. The molecule has 0 saturated carbocycles. The third-order valence-corrected chi connectivity index (χ3v) is 6.40. The molecule has 8 heteroatoms. The number of halogens is 1. The molecule has 0 saturated heterocycles. The van der Waals surface area contributed by atoms with E-state index in [0.717, 1.165) is 4.31 Å². The van der Waals surface area contributed by atoms with E-state index in [0.29, 0.717) is 17.1 Å². The van der Waals surface area contributed by atoms with Gasteiger partial charge in [-0.15, -0.1) is 0 Å². The summed E-state index contributed by atoms with van der Waals surface area (Å²) in [5, 5.41) is 2.88.